The molecule has 2 amide bonds. The Morgan fingerprint density at radius 2 is 2.05 bits per heavy atom. The maximum atomic E-state index is 12.1. The van der Waals surface area contributed by atoms with Crippen LogP contribution in [0.2, 0.25) is 0 Å². The van der Waals surface area contributed by atoms with Gasteiger partial charge < -0.3 is 20.5 Å². The van der Waals surface area contributed by atoms with E-state index >= 15 is 0 Å². The van der Waals surface area contributed by atoms with Crippen LogP contribution in [0.25, 0.3) is 0 Å². The molecular weight excluding hydrogens is 288 g/mol. The molecule has 1 aliphatic rings. The van der Waals surface area contributed by atoms with Crippen LogP contribution in [0.3, 0.4) is 0 Å². The number of likely N-dealkylation sites (tertiary alicyclic amines) is 1. The van der Waals surface area contributed by atoms with Crippen LogP contribution in [-0.4, -0.2) is 47.5 Å². The highest BCUT2D eigenvalue weighted by Crippen LogP contribution is 2.23. The van der Waals surface area contributed by atoms with Crippen molar-refractivity contribution in [1.82, 2.24) is 4.90 Å². The lowest BCUT2D eigenvalue weighted by Crippen LogP contribution is -2.44. The number of carbonyl (C=O) groups excluding carboxylic acids is 3. The van der Waals surface area contributed by atoms with Crippen molar-refractivity contribution < 1.29 is 24.2 Å². The largest absolute Gasteiger partial charge is 0.508 e. The van der Waals surface area contributed by atoms with Gasteiger partial charge in [0, 0.05) is 19.4 Å². The van der Waals surface area contributed by atoms with Crippen LogP contribution in [-0.2, 0) is 25.5 Å². The van der Waals surface area contributed by atoms with Gasteiger partial charge in [-0.1, -0.05) is 12.1 Å². The first kappa shape index (κ1) is 15.8. The number of aromatic hydroxyl groups is 1. The van der Waals surface area contributed by atoms with Gasteiger partial charge in [0.25, 0.3) is 0 Å². The van der Waals surface area contributed by atoms with Crippen LogP contribution < -0.4 is 5.73 Å². The Kier molecular flexibility index (Phi) is 4.65. The van der Waals surface area contributed by atoms with Gasteiger partial charge in [-0.2, -0.15) is 0 Å². The molecular formula is C15H18N2O5. The molecule has 7 heteroatoms. The summed E-state index contributed by atoms with van der Waals surface area (Å²) in [4.78, 5) is 36.7. The average Bonchev–Trinajstić information content (AvgIpc) is 2.88. The van der Waals surface area contributed by atoms with E-state index in [0.717, 1.165) is 5.56 Å². The number of hydrogen-bond donors (Lipinski definition) is 2. The van der Waals surface area contributed by atoms with Crippen LogP contribution in [0.1, 0.15) is 12.0 Å². The van der Waals surface area contributed by atoms with E-state index in [1.54, 1.807) is 12.1 Å². The molecule has 2 atom stereocenters. The minimum absolute atomic E-state index is 0.0123. The van der Waals surface area contributed by atoms with E-state index in [0.29, 0.717) is 0 Å². The fourth-order valence-electron chi connectivity index (χ4n) is 2.54. The van der Waals surface area contributed by atoms with E-state index in [2.05, 4.69) is 0 Å². The third-order valence-electron chi connectivity index (χ3n) is 3.78. The standard InChI is InChI=1S/C15H18N2O5/c1-22-15(21)12(6-9-2-4-11(18)5-3-9)17-8-10(14(16)20)7-13(17)19/h2-5,10,12,18H,6-8H2,1H3,(H2,16,20)/t10?,12-/m0/s1. The molecule has 2 rings (SSSR count). The molecule has 1 unspecified atom stereocenters. The predicted molar refractivity (Wildman–Crippen MR) is 76.6 cm³/mol. The fourth-order valence-corrected chi connectivity index (χ4v) is 2.54. The van der Waals surface area contributed by atoms with E-state index in [-0.39, 0.29) is 31.0 Å². The number of rotatable bonds is 5. The molecule has 0 aliphatic carbocycles. The Bertz CT molecular complexity index is 584. The van der Waals surface area contributed by atoms with Crippen molar-refractivity contribution >= 4 is 17.8 Å². The van der Waals surface area contributed by atoms with Crippen LogP contribution in [0.15, 0.2) is 24.3 Å². The zero-order chi connectivity index (χ0) is 16.3. The van der Waals surface area contributed by atoms with Crippen LogP contribution in [0.4, 0.5) is 0 Å². The van der Waals surface area contributed by atoms with Gasteiger partial charge in [0.1, 0.15) is 11.8 Å². The molecule has 0 bridgehead atoms. The Balaban J connectivity index is 2.19. The van der Waals surface area contributed by atoms with Crippen LogP contribution in [0.5, 0.6) is 5.75 Å². The van der Waals surface area contributed by atoms with E-state index in [9.17, 15) is 19.5 Å². The van der Waals surface area contributed by atoms with Crippen molar-refractivity contribution in [3.63, 3.8) is 0 Å². The number of phenolic OH excluding ortho intramolecular Hbond substituents is 1. The number of methoxy groups -OCH3 is 1. The van der Waals surface area contributed by atoms with Crippen LogP contribution >= 0.6 is 0 Å². The van der Waals surface area contributed by atoms with Gasteiger partial charge in [-0.25, -0.2) is 4.79 Å². The lowest BCUT2D eigenvalue weighted by molar-refractivity contribution is -0.151. The smallest absolute Gasteiger partial charge is 0.328 e. The van der Waals surface area contributed by atoms with Crippen molar-refractivity contribution in [2.75, 3.05) is 13.7 Å². The average molecular weight is 306 g/mol. The maximum absolute atomic E-state index is 12.1. The number of hydrogen-bond acceptors (Lipinski definition) is 5. The topological polar surface area (TPSA) is 110 Å². The lowest BCUT2D eigenvalue weighted by atomic mass is 10.0. The first-order valence-corrected chi connectivity index (χ1v) is 6.87. The van der Waals surface area contributed by atoms with Gasteiger partial charge in [0.2, 0.25) is 11.8 Å². The number of phenols is 1. The molecule has 0 aromatic heterocycles. The molecule has 1 aliphatic heterocycles. The van der Waals surface area contributed by atoms with Gasteiger partial charge in [0.05, 0.1) is 13.0 Å². The second-order valence-corrected chi connectivity index (χ2v) is 5.26. The minimum Gasteiger partial charge on any atom is -0.508 e. The Hall–Kier alpha value is -2.57. The summed E-state index contributed by atoms with van der Waals surface area (Å²) in [6.07, 6.45) is 0.253. The number of primary amides is 1. The molecule has 0 spiro atoms. The lowest BCUT2D eigenvalue weighted by Gasteiger charge is -2.26. The predicted octanol–water partition coefficient (Wildman–Crippen LogP) is -0.190. The van der Waals surface area contributed by atoms with E-state index in [1.165, 1.54) is 24.1 Å². The SMILES string of the molecule is COC(=O)[C@H](Cc1ccc(O)cc1)N1CC(C(N)=O)CC1=O. The molecule has 1 aromatic carbocycles. The molecule has 0 radical (unpaired) electrons. The van der Waals surface area contributed by atoms with Crippen LogP contribution in [0, 0.1) is 5.92 Å². The Labute approximate surface area is 127 Å². The molecule has 1 aromatic rings. The summed E-state index contributed by atoms with van der Waals surface area (Å²) in [5.74, 6) is -1.86. The van der Waals surface area contributed by atoms with Crippen molar-refractivity contribution in [3.8, 4) is 5.75 Å². The van der Waals surface area contributed by atoms with Gasteiger partial charge in [-0.3, -0.25) is 9.59 Å². The third-order valence-corrected chi connectivity index (χ3v) is 3.78. The van der Waals surface area contributed by atoms with Crippen molar-refractivity contribution in [1.29, 1.82) is 0 Å². The zero-order valence-electron chi connectivity index (χ0n) is 12.2. The second-order valence-electron chi connectivity index (χ2n) is 5.26. The quantitative estimate of drug-likeness (QED) is 0.733. The molecule has 118 valence electrons. The van der Waals surface area contributed by atoms with Gasteiger partial charge in [0.15, 0.2) is 0 Å². The molecule has 7 nitrogen and oxygen atoms in total. The first-order chi connectivity index (χ1) is 10.4. The van der Waals surface area contributed by atoms with Gasteiger partial charge in [-0.05, 0) is 17.7 Å². The molecule has 1 fully saturated rings. The van der Waals surface area contributed by atoms with Crippen molar-refractivity contribution in [2.24, 2.45) is 11.7 Å². The number of ether oxygens (including phenoxy) is 1. The summed E-state index contributed by atoms with van der Waals surface area (Å²) in [5.41, 5.74) is 6.01. The highest BCUT2D eigenvalue weighted by Gasteiger charge is 2.40. The van der Waals surface area contributed by atoms with Gasteiger partial charge >= 0.3 is 5.97 Å². The highest BCUT2D eigenvalue weighted by molar-refractivity contribution is 5.91. The van der Waals surface area contributed by atoms with E-state index in [1.807, 2.05) is 0 Å². The highest BCUT2D eigenvalue weighted by atomic mass is 16.5. The number of esters is 1. The van der Waals surface area contributed by atoms with E-state index in [4.69, 9.17) is 10.5 Å². The molecule has 22 heavy (non-hydrogen) atoms. The number of nitrogens with two attached hydrogens (primary N) is 1. The minimum atomic E-state index is -0.814. The summed E-state index contributed by atoms with van der Waals surface area (Å²) in [6, 6.07) is 5.52. The fraction of sp³-hybridized carbons (Fsp3) is 0.400. The molecule has 1 saturated heterocycles. The van der Waals surface area contributed by atoms with Crippen molar-refractivity contribution in [2.45, 2.75) is 18.9 Å². The number of amides is 2. The summed E-state index contributed by atoms with van der Waals surface area (Å²) >= 11 is 0. The number of benzene rings is 1. The summed E-state index contributed by atoms with van der Waals surface area (Å²) < 4.78 is 4.77. The monoisotopic (exact) mass is 306 g/mol. The van der Waals surface area contributed by atoms with E-state index < -0.39 is 23.8 Å². The maximum Gasteiger partial charge on any atom is 0.328 e. The normalized spacial score (nSPS) is 19.0. The summed E-state index contributed by atoms with van der Waals surface area (Å²) in [5, 5.41) is 9.29. The third kappa shape index (κ3) is 3.36. The Morgan fingerprint density at radius 1 is 1.41 bits per heavy atom. The second kappa shape index (κ2) is 6.46. The first-order valence-electron chi connectivity index (χ1n) is 6.87. The number of nitrogens with zero attached hydrogens (tertiary/aromatic N) is 1. The van der Waals surface area contributed by atoms with Gasteiger partial charge in [-0.15, -0.1) is 0 Å². The summed E-state index contributed by atoms with van der Waals surface area (Å²) in [7, 11) is 1.25. The van der Waals surface area contributed by atoms with Crippen molar-refractivity contribution in [3.05, 3.63) is 29.8 Å². The molecule has 3 N–H and O–H groups in total. The Morgan fingerprint density at radius 3 is 2.55 bits per heavy atom. The number of carbonyl (C=O) groups is 3. The summed E-state index contributed by atoms with van der Waals surface area (Å²) in [6.45, 7) is 0.117. The molecule has 0 saturated carbocycles. The molecule has 1 heterocycles. The zero-order valence-corrected chi connectivity index (χ0v) is 12.2.